The minimum absolute atomic E-state index is 0.345. The molecule has 0 saturated heterocycles. The standard InChI is InChI=1S/C22H23NO5/c1-2-17-6-3-4-7-18(17)23-21(24)15-28-22(25)11-9-16-8-10-19-20(14-16)27-13-5-12-26-19/h3-4,6-11,14H,2,5,12-13,15H2,1H3,(H,23,24)/b11-9+. The molecular formula is C22H23NO5. The van der Waals surface area contributed by atoms with Crippen molar-refractivity contribution in [1.29, 1.82) is 0 Å². The highest BCUT2D eigenvalue weighted by molar-refractivity contribution is 5.95. The Hall–Kier alpha value is -3.28. The van der Waals surface area contributed by atoms with Gasteiger partial charge in [0, 0.05) is 18.2 Å². The molecule has 0 unspecified atom stereocenters. The topological polar surface area (TPSA) is 73.9 Å². The Morgan fingerprint density at radius 2 is 1.89 bits per heavy atom. The molecular weight excluding hydrogens is 358 g/mol. The number of fused-ring (bicyclic) bond motifs is 1. The molecule has 1 aliphatic rings. The predicted octanol–water partition coefficient (Wildman–Crippen LogP) is 3.61. The maximum atomic E-state index is 12.0. The van der Waals surface area contributed by atoms with Gasteiger partial charge in [0.05, 0.1) is 13.2 Å². The van der Waals surface area contributed by atoms with Crippen LogP contribution in [0.1, 0.15) is 24.5 Å². The molecule has 6 nitrogen and oxygen atoms in total. The lowest BCUT2D eigenvalue weighted by Crippen LogP contribution is -2.20. The summed E-state index contributed by atoms with van der Waals surface area (Å²) in [6.45, 7) is 2.88. The van der Waals surface area contributed by atoms with Crippen molar-refractivity contribution in [1.82, 2.24) is 0 Å². The maximum absolute atomic E-state index is 12.0. The van der Waals surface area contributed by atoms with Gasteiger partial charge in [-0.05, 0) is 41.8 Å². The molecule has 146 valence electrons. The third-order valence-corrected chi connectivity index (χ3v) is 4.20. The largest absolute Gasteiger partial charge is 0.490 e. The van der Waals surface area contributed by atoms with E-state index in [2.05, 4.69) is 5.32 Å². The molecule has 0 aromatic heterocycles. The molecule has 0 saturated carbocycles. The number of ether oxygens (including phenoxy) is 3. The van der Waals surface area contributed by atoms with Gasteiger partial charge in [-0.3, -0.25) is 4.79 Å². The first-order valence-electron chi connectivity index (χ1n) is 9.28. The van der Waals surface area contributed by atoms with Gasteiger partial charge in [-0.25, -0.2) is 4.79 Å². The zero-order valence-electron chi connectivity index (χ0n) is 15.8. The molecule has 2 aromatic rings. The van der Waals surface area contributed by atoms with Gasteiger partial charge in [0.1, 0.15) is 0 Å². The van der Waals surface area contributed by atoms with E-state index in [4.69, 9.17) is 14.2 Å². The highest BCUT2D eigenvalue weighted by atomic mass is 16.5. The van der Waals surface area contributed by atoms with Crippen LogP contribution in [-0.2, 0) is 20.7 Å². The number of amides is 1. The summed E-state index contributed by atoms with van der Waals surface area (Å²) in [5, 5.41) is 2.76. The summed E-state index contributed by atoms with van der Waals surface area (Å²) in [5.41, 5.74) is 2.53. The molecule has 1 aliphatic heterocycles. The molecule has 3 rings (SSSR count). The van der Waals surface area contributed by atoms with Crippen LogP contribution >= 0.6 is 0 Å². The van der Waals surface area contributed by atoms with E-state index in [0.717, 1.165) is 29.7 Å². The maximum Gasteiger partial charge on any atom is 0.331 e. The van der Waals surface area contributed by atoms with Crippen LogP contribution in [0.2, 0.25) is 0 Å². The molecule has 1 N–H and O–H groups in total. The quantitative estimate of drug-likeness (QED) is 0.611. The summed E-state index contributed by atoms with van der Waals surface area (Å²) in [7, 11) is 0. The van der Waals surface area contributed by atoms with Gasteiger partial charge in [0.2, 0.25) is 0 Å². The molecule has 28 heavy (non-hydrogen) atoms. The molecule has 0 radical (unpaired) electrons. The van der Waals surface area contributed by atoms with Crippen molar-refractivity contribution in [2.45, 2.75) is 19.8 Å². The fourth-order valence-corrected chi connectivity index (χ4v) is 2.77. The summed E-state index contributed by atoms with van der Waals surface area (Å²) < 4.78 is 16.2. The van der Waals surface area contributed by atoms with Crippen molar-refractivity contribution in [2.75, 3.05) is 25.1 Å². The Morgan fingerprint density at radius 3 is 2.71 bits per heavy atom. The minimum Gasteiger partial charge on any atom is -0.490 e. The number of carbonyl (C=O) groups excluding carboxylic acids is 2. The number of hydrogen-bond donors (Lipinski definition) is 1. The number of benzene rings is 2. The zero-order chi connectivity index (χ0) is 19.8. The predicted molar refractivity (Wildman–Crippen MR) is 106 cm³/mol. The van der Waals surface area contributed by atoms with Crippen LogP contribution in [0.15, 0.2) is 48.5 Å². The number of hydrogen-bond acceptors (Lipinski definition) is 5. The van der Waals surface area contributed by atoms with Crippen LogP contribution in [0.5, 0.6) is 11.5 Å². The molecule has 0 spiro atoms. The van der Waals surface area contributed by atoms with Crippen LogP contribution in [0.3, 0.4) is 0 Å². The first kappa shape index (κ1) is 19.5. The Bertz CT molecular complexity index is 875. The molecule has 0 fully saturated rings. The molecule has 0 aliphatic carbocycles. The zero-order valence-corrected chi connectivity index (χ0v) is 15.8. The number of anilines is 1. The Kier molecular flexibility index (Phi) is 6.68. The summed E-state index contributed by atoms with van der Waals surface area (Å²) >= 11 is 0. The van der Waals surface area contributed by atoms with Crippen molar-refractivity contribution in [3.63, 3.8) is 0 Å². The lowest BCUT2D eigenvalue weighted by atomic mass is 10.1. The third-order valence-electron chi connectivity index (χ3n) is 4.20. The Morgan fingerprint density at radius 1 is 1.11 bits per heavy atom. The van der Waals surface area contributed by atoms with Crippen molar-refractivity contribution < 1.29 is 23.8 Å². The van der Waals surface area contributed by atoms with Crippen molar-refractivity contribution in [3.8, 4) is 11.5 Å². The van der Waals surface area contributed by atoms with Crippen molar-refractivity contribution >= 4 is 23.6 Å². The minimum atomic E-state index is -0.592. The van der Waals surface area contributed by atoms with E-state index in [1.165, 1.54) is 6.08 Å². The third kappa shape index (κ3) is 5.36. The van der Waals surface area contributed by atoms with Crippen LogP contribution in [0, 0.1) is 0 Å². The second-order valence-electron chi connectivity index (χ2n) is 6.26. The second kappa shape index (κ2) is 9.60. The number of aryl methyl sites for hydroxylation is 1. The SMILES string of the molecule is CCc1ccccc1NC(=O)COC(=O)/C=C/c1ccc2c(c1)OCCCO2. The van der Waals surface area contributed by atoms with E-state index in [1.807, 2.05) is 43.3 Å². The van der Waals surface area contributed by atoms with Crippen LogP contribution < -0.4 is 14.8 Å². The normalized spacial score (nSPS) is 13.0. The number of carbonyl (C=O) groups is 2. The van der Waals surface area contributed by atoms with Gasteiger partial charge < -0.3 is 19.5 Å². The number of esters is 1. The lowest BCUT2D eigenvalue weighted by molar-refractivity contribution is -0.142. The first-order valence-corrected chi connectivity index (χ1v) is 9.28. The van der Waals surface area contributed by atoms with Gasteiger partial charge in [-0.1, -0.05) is 31.2 Å². The van der Waals surface area contributed by atoms with Crippen LogP contribution in [0.25, 0.3) is 6.08 Å². The number of para-hydroxylation sites is 1. The first-order chi connectivity index (χ1) is 13.7. The molecule has 0 atom stereocenters. The fourth-order valence-electron chi connectivity index (χ4n) is 2.77. The number of rotatable bonds is 6. The smallest absolute Gasteiger partial charge is 0.331 e. The van der Waals surface area contributed by atoms with E-state index >= 15 is 0 Å². The molecule has 2 aromatic carbocycles. The molecule has 6 heteroatoms. The van der Waals surface area contributed by atoms with E-state index in [0.29, 0.717) is 24.7 Å². The van der Waals surface area contributed by atoms with Gasteiger partial charge in [0.15, 0.2) is 18.1 Å². The average Bonchev–Trinajstić information content (AvgIpc) is 2.96. The van der Waals surface area contributed by atoms with Gasteiger partial charge in [-0.15, -0.1) is 0 Å². The van der Waals surface area contributed by atoms with E-state index in [9.17, 15) is 9.59 Å². The second-order valence-corrected chi connectivity index (χ2v) is 6.26. The van der Waals surface area contributed by atoms with Crippen molar-refractivity contribution in [2.24, 2.45) is 0 Å². The van der Waals surface area contributed by atoms with Gasteiger partial charge >= 0.3 is 5.97 Å². The monoisotopic (exact) mass is 381 g/mol. The fraction of sp³-hybridized carbons (Fsp3) is 0.273. The lowest BCUT2D eigenvalue weighted by Gasteiger charge is -2.09. The molecule has 1 heterocycles. The van der Waals surface area contributed by atoms with E-state index < -0.39 is 5.97 Å². The van der Waals surface area contributed by atoms with E-state index in [-0.39, 0.29) is 12.5 Å². The Labute approximate surface area is 164 Å². The van der Waals surface area contributed by atoms with E-state index in [1.54, 1.807) is 12.1 Å². The van der Waals surface area contributed by atoms with Gasteiger partial charge in [0.25, 0.3) is 5.91 Å². The van der Waals surface area contributed by atoms with Crippen LogP contribution in [0.4, 0.5) is 5.69 Å². The highest BCUT2D eigenvalue weighted by Crippen LogP contribution is 2.30. The van der Waals surface area contributed by atoms with Crippen LogP contribution in [-0.4, -0.2) is 31.7 Å². The Balaban J connectivity index is 1.51. The van der Waals surface area contributed by atoms with Gasteiger partial charge in [-0.2, -0.15) is 0 Å². The summed E-state index contributed by atoms with van der Waals surface area (Å²) in [5.74, 6) is 0.382. The summed E-state index contributed by atoms with van der Waals surface area (Å²) in [6, 6.07) is 13.0. The average molecular weight is 381 g/mol. The molecule has 1 amide bonds. The number of nitrogens with one attached hydrogen (secondary N) is 1. The van der Waals surface area contributed by atoms with Crippen molar-refractivity contribution in [3.05, 3.63) is 59.7 Å². The highest BCUT2D eigenvalue weighted by Gasteiger charge is 2.11. The summed E-state index contributed by atoms with van der Waals surface area (Å²) in [6.07, 6.45) is 4.53. The molecule has 0 bridgehead atoms. The summed E-state index contributed by atoms with van der Waals surface area (Å²) in [4.78, 5) is 23.9.